The van der Waals surface area contributed by atoms with E-state index in [1.54, 1.807) is 0 Å². The fraction of sp³-hybridized carbons (Fsp3) is 1.00. The van der Waals surface area contributed by atoms with Crippen molar-refractivity contribution in [2.45, 2.75) is 50.2 Å². The van der Waals surface area contributed by atoms with Crippen molar-refractivity contribution in [3.8, 4) is 0 Å². The number of nitrogens with zero attached hydrogens (tertiary/aromatic N) is 3. The van der Waals surface area contributed by atoms with Gasteiger partial charge in [-0.3, -0.25) is 9.80 Å². The van der Waals surface area contributed by atoms with Gasteiger partial charge in [0.1, 0.15) is 0 Å². The van der Waals surface area contributed by atoms with Crippen LogP contribution in [0.4, 0.5) is 0 Å². The summed E-state index contributed by atoms with van der Waals surface area (Å²) in [6.07, 6.45) is 5.35. The first-order chi connectivity index (χ1) is 9.14. The molecule has 2 atom stereocenters. The van der Waals surface area contributed by atoms with Crippen LogP contribution in [0.2, 0.25) is 0 Å². The zero-order chi connectivity index (χ0) is 13.5. The van der Waals surface area contributed by atoms with E-state index in [0.29, 0.717) is 6.04 Å². The Kier molecular flexibility index (Phi) is 3.87. The Balaban J connectivity index is 1.62. The summed E-state index contributed by atoms with van der Waals surface area (Å²) in [5.41, 5.74) is 6.49. The van der Waals surface area contributed by atoms with E-state index in [9.17, 15) is 0 Å². The first-order valence-corrected chi connectivity index (χ1v) is 8.04. The number of piperazine rings is 1. The number of likely N-dealkylation sites (tertiary alicyclic amines) is 1. The van der Waals surface area contributed by atoms with Crippen molar-refractivity contribution < 1.29 is 0 Å². The van der Waals surface area contributed by atoms with Crippen molar-refractivity contribution >= 4 is 0 Å². The molecule has 2 saturated heterocycles. The van der Waals surface area contributed by atoms with E-state index >= 15 is 0 Å². The number of nitrogens with two attached hydrogens (primary N) is 1. The highest BCUT2D eigenvalue weighted by Crippen LogP contribution is 2.34. The zero-order valence-electron chi connectivity index (χ0n) is 12.6. The van der Waals surface area contributed by atoms with Gasteiger partial charge in [0.05, 0.1) is 0 Å². The Labute approximate surface area is 117 Å². The van der Waals surface area contributed by atoms with Gasteiger partial charge in [0.2, 0.25) is 0 Å². The van der Waals surface area contributed by atoms with Gasteiger partial charge >= 0.3 is 0 Å². The molecule has 0 bridgehead atoms. The minimum atomic E-state index is 0.279. The molecule has 110 valence electrons. The van der Waals surface area contributed by atoms with Crippen LogP contribution in [0.3, 0.4) is 0 Å². The van der Waals surface area contributed by atoms with Crippen LogP contribution in [0.25, 0.3) is 0 Å². The summed E-state index contributed by atoms with van der Waals surface area (Å²) in [5.74, 6) is 0. The molecule has 4 heteroatoms. The van der Waals surface area contributed by atoms with Crippen LogP contribution in [0.1, 0.15) is 32.6 Å². The second-order valence-electron chi connectivity index (χ2n) is 6.97. The monoisotopic (exact) mass is 266 g/mol. The van der Waals surface area contributed by atoms with Crippen molar-refractivity contribution in [3.63, 3.8) is 0 Å². The third kappa shape index (κ3) is 2.68. The lowest BCUT2D eigenvalue weighted by molar-refractivity contribution is -0.0188. The van der Waals surface area contributed by atoms with E-state index in [-0.39, 0.29) is 5.54 Å². The molecule has 0 aromatic rings. The van der Waals surface area contributed by atoms with Crippen molar-refractivity contribution in [2.75, 3.05) is 46.3 Å². The van der Waals surface area contributed by atoms with Crippen molar-refractivity contribution in [1.29, 1.82) is 0 Å². The maximum atomic E-state index is 6.21. The predicted molar refractivity (Wildman–Crippen MR) is 79.3 cm³/mol. The number of rotatable bonds is 3. The minimum absolute atomic E-state index is 0.279. The largest absolute Gasteiger partial charge is 0.329 e. The van der Waals surface area contributed by atoms with E-state index in [4.69, 9.17) is 5.73 Å². The molecule has 0 amide bonds. The first kappa shape index (κ1) is 13.8. The maximum absolute atomic E-state index is 6.21. The summed E-state index contributed by atoms with van der Waals surface area (Å²) < 4.78 is 0. The first-order valence-electron chi connectivity index (χ1n) is 8.04. The van der Waals surface area contributed by atoms with Crippen molar-refractivity contribution in [3.05, 3.63) is 0 Å². The second-order valence-corrected chi connectivity index (χ2v) is 6.97. The smallest absolute Gasteiger partial charge is 0.0359 e. The SMILES string of the molecule is CC1CC(CN)(N2CCN(C3CC3)CC2)CCN1C. The third-order valence-electron chi connectivity index (χ3n) is 5.79. The molecule has 4 nitrogen and oxygen atoms in total. The van der Waals surface area contributed by atoms with Gasteiger partial charge in [-0.25, -0.2) is 0 Å². The van der Waals surface area contributed by atoms with E-state index in [2.05, 4.69) is 28.7 Å². The number of piperidine rings is 1. The fourth-order valence-corrected chi connectivity index (χ4v) is 4.02. The summed E-state index contributed by atoms with van der Waals surface area (Å²) in [6.45, 7) is 9.35. The van der Waals surface area contributed by atoms with Gasteiger partial charge in [0.15, 0.2) is 0 Å². The second kappa shape index (κ2) is 5.32. The number of hydrogen-bond donors (Lipinski definition) is 1. The molecule has 19 heavy (non-hydrogen) atoms. The molecule has 0 spiro atoms. The fourth-order valence-electron chi connectivity index (χ4n) is 4.02. The molecule has 2 heterocycles. The molecule has 2 unspecified atom stereocenters. The van der Waals surface area contributed by atoms with Gasteiger partial charge < -0.3 is 10.6 Å². The molecule has 3 rings (SSSR count). The lowest BCUT2D eigenvalue weighted by Gasteiger charge is -2.52. The van der Waals surface area contributed by atoms with Crippen molar-refractivity contribution in [1.82, 2.24) is 14.7 Å². The molecule has 1 saturated carbocycles. The molecule has 0 radical (unpaired) electrons. The van der Waals surface area contributed by atoms with Gasteiger partial charge in [0, 0.05) is 50.3 Å². The molecule has 3 fully saturated rings. The van der Waals surface area contributed by atoms with Crippen LogP contribution in [-0.2, 0) is 0 Å². The Hall–Kier alpha value is -0.160. The molecule has 0 aromatic heterocycles. The maximum Gasteiger partial charge on any atom is 0.0359 e. The van der Waals surface area contributed by atoms with Crippen LogP contribution < -0.4 is 5.73 Å². The van der Waals surface area contributed by atoms with E-state index in [1.807, 2.05) is 0 Å². The summed E-state index contributed by atoms with van der Waals surface area (Å²) in [7, 11) is 2.25. The quantitative estimate of drug-likeness (QED) is 0.810. The van der Waals surface area contributed by atoms with Crippen LogP contribution >= 0.6 is 0 Å². The zero-order valence-corrected chi connectivity index (χ0v) is 12.6. The highest BCUT2D eigenvalue weighted by Gasteiger charge is 2.42. The lowest BCUT2D eigenvalue weighted by atomic mass is 9.81. The Morgan fingerprint density at radius 1 is 1.11 bits per heavy atom. The Morgan fingerprint density at radius 2 is 1.79 bits per heavy atom. The number of hydrogen-bond acceptors (Lipinski definition) is 4. The standard InChI is InChI=1S/C15H30N4/c1-13-11-15(12-16,5-6-17(13)2)19-9-7-18(8-10-19)14-3-4-14/h13-14H,3-12,16H2,1-2H3. The van der Waals surface area contributed by atoms with Gasteiger partial charge in [-0.2, -0.15) is 0 Å². The lowest BCUT2D eigenvalue weighted by Crippen LogP contribution is -2.64. The third-order valence-corrected chi connectivity index (χ3v) is 5.79. The van der Waals surface area contributed by atoms with E-state index in [0.717, 1.165) is 12.6 Å². The van der Waals surface area contributed by atoms with E-state index < -0.39 is 0 Å². The summed E-state index contributed by atoms with van der Waals surface area (Å²) in [4.78, 5) is 7.89. The predicted octanol–water partition coefficient (Wildman–Crippen LogP) is 0.578. The highest BCUT2D eigenvalue weighted by atomic mass is 15.3. The molecular weight excluding hydrogens is 236 g/mol. The van der Waals surface area contributed by atoms with Crippen molar-refractivity contribution in [2.24, 2.45) is 5.73 Å². The topological polar surface area (TPSA) is 35.7 Å². The highest BCUT2D eigenvalue weighted by molar-refractivity contribution is 5.00. The summed E-state index contributed by atoms with van der Waals surface area (Å²) in [6, 6.07) is 1.59. The van der Waals surface area contributed by atoms with Gasteiger partial charge in [-0.05, 0) is 46.2 Å². The molecule has 0 aromatic carbocycles. The van der Waals surface area contributed by atoms with E-state index in [1.165, 1.54) is 58.4 Å². The normalized spacial score (nSPS) is 39.6. The van der Waals surface area contributed by atoms with Crippen LogP contribution in [0.5, 0.6) is 0 Å². The minimum Gasteiger partial charge on any atom is -0.329 e. The molecular formula is C15H30N4. The Bertz CT molecular complexity index is 309. The molecule has 2 N–H and O–H groups in total. The molecule has 3 aliphatic rings. The van der Waals surface area contributed by atoms with Crippen LogP contribution in [0.15, 0.2) is 0 Å². The Morgan fingerprint density at radius 3 is 2.32 bits per heavy atom. The van der Waals surface area contributed by atoms with Gasteiger partial charge in [0.25, 0.3) is 0 Å². The van der Waals surface area contributed by atoms with Gasteiger partial charge in [-0.15, -0.1) is 0 Å². The van der Waals surface area contributed by atoms with Crippen LogP contribution in [0, 0.1) is 0 Å². The summed E-state index contributed by atoms with van der Waals surface area (Å²) >= 11 is 0. The van der Waals surface area contributed by atoms with Crippen LogP contribution in [-0.4, -0.2) is 78.6 Å². The average Bonchev–Trinajstić information content (AvgIpc) is 3.27. The summed E-state index contributed by atoms with van der Waals surface area (Å²) in [5, 5.41) is 0. The van der Waals surface area contributed by atoms with Gasteiger partial charge in [-0.1, -0.05) is 0 Å². The molecule has 1 aliphatic carbocycles. The molecule has 2 aliphatic heterocycles. The average molecular weight is 266 g/mol.